The normalized spacial score (nSPS) is 18.2. The Kier molecular flexibility index (Phi) is 4.59. The van der Waals surface area contributed by atoms with E-state index in [4.69, 9.17) is 5.11 Å². The number of aliphatic carboxylic acids is 1. The summed E-state index contributed by atoms with van der Waals surface area (Å²) in [4.78, 5) is 10.7. The lowest BCUT2D eigenvalue weighted by molar-refractivity contribution is -0.142. The van der Waals surface area contributed by atoms with Gasteiger partial charge >= 0.3 is 5.97 Å². The van der Waals surface area contributed by atoms with E-state index in [2.05, 4.69) is 0 Å². The second-order valence-electron chi connectivity index (χ2n) is 5.26. The number of benzene rings is 1. The van der Waals surface area contributed by atoms with Gasteiger partial charge in [0.05, 0.1) is 15.7 Å². The Morgan fingerprint density at radius 1 is 1.14 bits per heavy atom. The Bertz CT molecular complexity index is 777. The zero-order chi connectivity index (χ0) is 16.5. The topological polar surface area (TPSA) is 109 Å². The molecule has 22 heavy (non-hydrogen) atoms. The summed E-state index contributed by atoms with van der Waals surface area (Å²) in [5.41, 5.74) is 0. The number of carbonyl (C=O) groups is 1. The maximum Gasteiger partial charge on any atom is 0.306 e. The molecule has 0 bridgehead atoms. The Labute approximate surface area is 129 Å². The molecule has 0 aliphatic carbocycles. The Morgan fingerprint density at radius 3 is 2.18 bits per heavy atom. The molecule has 1 aliphatic rings. The van der Waals surface area contributed by atoms with Crippen molar-refractivity contribution < 1.29 is 26.7 Å². The fourth-order valence-electron chi connectivity index (χ4n) is 2.36. The maximum absolute atomic E-state index is 12.5. The Balaban J connectivity index is 2.27. The molecule has 0 aromatic heterocycles. The van der Waals surface area contributed by atoms with Crippen molar-refractivity contribution in [1.29, 1.82) is 0 Å². The summed E-state index contributed by atoms with van der Waals surface area (Å²) in [7, 11) is -7.31. The third-order valence-electron chi connectivity index (χ3n) is 3.67. The molecule has 0 spiro atoms. The van der Waals surface area contributed by atoms with E-state index < -0.39 is 31.7 Å². The molecule has 1 fully saturated rings. The smallest absolute Gasteiger partial charge is 0.306 e. The predicted molar refractivity (Wildman–Crippen MR) is 78.7 cm³/mol. The zero-order valence-electron chi connectivity index (χ0n) is 12.0. The summed E-state index contributed by atoms with van der Waals surface area (Å²) >= 11 is 0. The lowest BCUT2D eigenvalue weighted by Gasteiger charge is -2.29. The molecule has 0 radical (unpaired) electrons. The van der Waals surface area contributed by atoms with E-state index in [1.54, 1.807) is 0 Å². The number of carboxylic acids is 1. The fraction of sp³-hybridized carbons (Fsp3) is 0.462. The minimum atomic E-state index is -3.82. The second kappa shape index (κ2) is 5.98. The second-order valence-corrected chi connectivity index (χ2v) is 9.22. The molecule has 1 heterocycles. The molecule has 2 rings (SSSR count). The molecule has 1 saturated heterocycles. The van der Waals surface area contributed by atoms with Crippen LogP contribution in [0.3, 0.4) is 0 Å². The van der Waals surface area contributed by atoms with E-state index >= 15 is 0 Å². The molecule has 122 valence electrons. The molecule has 0 amide bonds. The van der Waals surface area contributed by atoms with E-state index in [0.29, 0.717) is 0 Å². The summed E-state index contributed by atoms with van der Waals surface area (Å²) in [6, 6.07) is 5.19. The number of sulfonamides is 1. The summed E-state index contributed by atoms with van der Waals surface area (Å²) in [6.07, 6.45) is 1.51. The molecule has 9 heteroatoms. The summed E-state index contributed by atoms with van der Waals surface area (Å²) in [5, 5.41) is 8.94. The van der Waals surface area contributed by atoms with Crippen LogP contribution in [0, 0.1) is 5.92 Å². The van der Waals surface area contributed by atoms with Gasteiger partial charge in [0.2, 0.25) is 10.0 Å². The van der Waals surface area contributed by atoms with E-state index in [1.165, 1.54) is 22.5 Å². The van der Waals surface area contributed by atoms with Crippen LogP contribution in [0.5, 0.6) is 0 Å². The molecule has 1 aromatic rings. The number of sulfone groups is 1. The van der Waals surface area contributed by atoms with Crippen LogP contribution in [0.25, 0.3) is 0 Å². The van der Waals surface area contributed by atoms with Crippen LogP contribution in [-0.4, -0.2) is 51.6 Å². The first-order valence-corrected chi connectivity index (χ1v) is 9.98. The number of carboxylic acid groups (broad SMARTS) is 1. The van der Waals surface area contributed by atoms with E-state index in [0.717, 1.165) is 12.3 Å². The van der Waals surface area contributed by atoms with Gasteiger partial charge in [-0.05, 0) is 31.0 Å². The lowest BCUT2D eigenvalue weighted by Crippen LogP contribution is -2.40. The first kappa shape index (κ1) is 16.9. The number of nitrogens with zero attached hydrogens (tertiary/aromatic N) is 1. The first-order chi connectivity index (χ1) is 10.1. The van der Waals surface area contributed by atoms with Gasteiger partial charge in [0, 0.05) is 19.3 Å². The number of piperidine rings is 1. The lowest BCUT2D eigenvalue weighted by atomic mass is 9.99. The molecule has 1 aromatic carbocycles. The Hall–Kier alpha value is -1.45. The minimum Gasteiger partial charge on any atom is -0.481 e. The minimum absolute atomic E-state index is 0.0611. The van der Waals surface area contributed by atoms with Gasteiger partial charge < -0.3 is 5.11 Å². The van der Waals surface area contributed by atoms with Crippen molar-refractivity contribution in [2.75, 3.05) is 19.3 Å². The third kappa shape index (κ3) is 3.47. The standard InChI is InChI=1S/C13H17NO6S2/c1-21(17,18)11-3-2-4-12(9-11)22(19,20)14-7-5-10(6-8-14)13(15)16/h2-4,9-10H,5-8H2,1H3,(H,15,16). The molecule has 7 nitrogen and oxygen atoms in total. The molecule has 0 saturated carbocycles. The number of hydrogen-bond donors (Lipinski definition) is 1. The maximum atomic E-state index is 12.5. The monoisotopic (exact) mass is 347 g/mol. The highest BCUT2D eigenvalue weighted by Gasteiger charge is 2.32. The number of rotatable bonds is 4. The van der Waals surface area contributed by atoms with Gasteiger partial charge in [0.15, 0.2) is 9.84 Å². The summed E-state index contributed by atoms with van der Waals surface area (Å²) < 4.78 is 49.3. The van der Waals surface area contributed by atoms with Crippen molar-refractivity contribution >= 4 is 25.8 Å². The van der Waals surface area contributed by atoms with Crippen LogP contribution in [0.2, 0.25) is 0 Å². The van der Waals surface area contributed by atoms with Gasteiger partial charge in [0.25, 0.3) is 0 Å². The summed E-state index contributed by atoms with van der Waals surface area (Å²) in [6.45, 7) is 0.227. The highest BCUT2D eigenvalue weighted by molar-refractivity contribution is 7.91. The average Bonchev–Trinajstić information content (AvgIpc) is 2.46. The number of hydrogen-bond acceptors (Lipinski definition) is 5. The van der Waals surface area contributed by atoms with Crippen molar-refractivity contribution in [3.63, 3.8) is 0 Å². The SMILES string of the molecule is CS(=O)(=O)c1cccc(S(=O)(=O)N2CCC(C(=O)O)CC2)c1. The van der Waals surface area contributed by atoms with Crippen LogP contribution >= 0.6 is 0 Å². The first-order valence-electron chi connectivity index (χ1n) is 6.65. The van der Waals surface area contributed by atoms with Gasteiger partial charge in [-0.3, -0.25) is 4.79 Å². The van der Waals surface area contributed by atoms with Crippen molar-refractivity contribution in [3.05, 3.63) is 24.3 Å². The van der Waals surface area contributed by atoms with Crippen molar-refractivity contribution in [2.24, 2.45) is 5.92 Å². The van der Waals surface area contributed by atoms with Crippen LogP contribution in [-0.2, 0) is 24.7 Å². The van der Waals surface area contributed by atoms with Crippen molar-refractivity contribution in [2.45, 2.75) is 22.6 Å². The Morgan fingerprint density at radius 2 is 1.68 bits per heavy atom. The van der Waals surface area contributed by atoms with E-state index in [-0.39, 0.29) is 35.7 Å². The summed E-state index contributed by atoms with van der Waals surface area (Å²) in [5.74, 6) is -1.45. The quantitative estimate of drug-likeness (QED) is 0.853. The van der Waals surface area contributed by atoms with E-state index in [1.807, 2.05) is 0 Å². The van der Waals surface area contributed by atoms with Gasteiger partial charge in [-0.25, -0.2) is 16.8 Å². The van der Waals surface area contributed by atoms with Gasteiger partial charge in [-0.15, -0.1) is 0 Å². The molecular formula is C13H17NO6S2. The van der Waals surface area contributed by atoms with Crippen molar-refractivity contribution in [1.82, 2.24) is 4.31 Å². The fourth-order valence-corrected chi connectivity index (χ4v) is 4.62. The van der Waals surface area contributed by atoms with Gasteiger partial charge in [-0.2, -0.15) is 4.31 Å². The zero-order valence-corrected chi connectivity index (χ0v) is 13.6. The largest absolute Gasteiger partial charge is 0.481 e. The molecule has 1 N–H and O–H groups in total. The third-order valence-corrected chi connectivity index (χ3v) is 6.68. The predicted octanol–water partition coefficient (Wildman–Crippen LogP) is 0.575. The van der Waals surface area contributed by atoms with Gasteiger partial charge in [0.1, 0.15) is 0 Å². The van der Waals surface area contributed by atoms with Crippen LogP contribution < -0.4 is 0 Å². The average molecular weight is 347 g/mol. The highest BCUT2D eigenvalue weighted by atomic mass is 32.2. The van der Waals surface area contributed by atoms with E-state index in [9.17, 15) is 21.6 Å². The molecule has 1 aliphatic heterocycles. The van der Waals surface area contributed by atoms with Crippen molar-refractivity contribution in [3.8, 4) is 0 Å². The molecular weight excluding hydrogens is 330 g/mol. The highest BCUT2D eigenvalue weighted by Crippen LogP contribution is 2.25. The molecule has 0 atom stereocenters. The van der Waals surface area contributed by atoms with Crippen LogP contribution in [0.1, 0.15) is 12.8 Å². The molecule has 0 unspecified atom stereocenters. The van der Waals surface area contributed by atoms with Gasteiger partial charge in [-0.1, -0.05) is 6.07 Å². The van der Waals surface area contributed by atoms with Crippen LogP contribution in [0.4, 0.5) is 0 Å². The van der Waals surface area contributed by atoms with Crippen LogP contribution in [0.15, 0.2) is 34.1 Å².